The maximum atomic E-state index is 11.7. The highest BCUT2D eigenvalue weighted by molar-refractivity contribution is 5.90. The molecule has 98 valence electrons. The molecule has 0 saturated carbocycles. The van der Waals surface area contributed by atoms with Crippen molar-refractivity contribution in [1.82, 2.24) is 4.98 Å². The zero-order valence-electron chi connectivity index (χ0n) is 10.9. The number of carboxylic acid groups (broad SMARTS) is 1. The predicted molar refractivity (Wildman–Crippen MR) is 68.3 cm³/mol. The van der Waals surface area contributed by atoms with Gasteiger partial charge in [-0.25, -0.2) is 0 Å². The van der Waals surface area contributed by atoms with Crippen LogP contribution < -0.4 is 5.32 Å². The number of hydrogen-bond donors (Lipinski definition) is 2. The first-order valence-electron chi connectivity index (χ1n) is 5.73. The molecule has 0 aliphatic rings. The summed E-state index contributed by atoms with van der Waals surface area (Å²) in [5.74, 6) is -0.998. The number of nitrogens with zero attached hydrogens (tertiary/aromatic N) is 1. The van der Waals surface area contributed by atoms with Crippen molar-refractivity contribution in [3.63, 3.8) is 0 Å². The first kappa shape index (κ1) is 14.2. The first-order valence-corrected chi connectivity index (χ1v) is 5.73. The maximum Gasteiger partial charge on any atom is 0.309 e. The largest absolute Gasteiger partial charge is 0.481 e. The van der Waals surface area contributed by atoms with Crippen LogP contribution in [0.15, 0.2) is 18.3 Å². The van der Waals surface area contributed by atoms with Crippen LogP contribution in [0.5, 0.6) is 0 Å². The Bertz CT molecular complexity index is 433. The number of carbonyl (C=O) groups is 2. The number of nitrogens with one attached hydrogen (secondary N) is 1. The molecule has 1 heterocycles. The first-order chi connectivity index (χ1) is 8.26. The van der Waals surface area contributed by atoms with Gasteiger partial charge in [0, 0.05) is 6.42 Å². The van der Waals surface area contributed by atoms with Gasteiger partial charge in [-0.1, -0.05) is 20.8 Å². The van der Waals surface area contributed by atoms with Gasteiger partial charge in [0.2, 0.25) is 5.91 Å². The summed E-state index contributed by atoms with van der Waals surface area (Å²) in [4.78, 5) is 26.1. The molecule has 0 bridgehead atoms. The van der Waals surface area contributed by atoms with E-state index in [-0.39, 0.29) is 17.7 Å². The van der Waals surface area contributed by atoms with E-state index in [1.54, 1.807) is 12.1 Å². The topological polar surface area (TPSA) is 79.3 Å². The molecule has 0 aliphatic carbocycles. The maximum absolute atomic E-state index is 11.7. The van der Waals surface area contributed by atoms with Crippen LogP contribution in [0.3, 0.4) is 0 Å². The quantitative estimate of drug-likeness (QED) is 0.857. The van der Waals surface area contributed by atoms with E-state index in [0.717, 1.165) is 0 Å². The van der Waals surface area contributed by atoms with Crippen LogP contribution in [0.25, 0.3) is 0 Å². The minimum Gasteiger partial charge on any atom is -0.481 e. The zero-order chi connectivity index (χ0) is 13.8. The predicted octanol–water partition coefficient (Wildman–Crippen LogP) is 2.08. The van der Waals surface area contributed by atoms with Crippen LogP contribution in [-0.2, 0) is 16.0 Å². The van der Waals surface area contributed by atoms with Crippen LogP contribution in [-0.4, -0.2) is 22.0 Å². The van der Waals surface area contributed by atoms with Crippen LogP contribution >= 0.6 is 0 Å². The van der Waals surface area contributed by atoms with Crippen molar-refractivity contribution < 1.29 is 14.7 Å². The van der Waals surface area contributed by atoms with E-state index in [0.29, 0.717) is 17.8 Å². The second kappa shape index (κ2) is 5.62. The number of anilines is 1. The number of carboxylic acids is 1. The van der Waals surface area contributed by atoms with Gasteiger partial charge in [0.15, 0.2) is 0 Å². The van der Waals surface area contributed by atoms with Gasteiger partial charge in [0.25, 0.3) is 0 Å². The van der Waals surface area contributed by atoms with E-state index in [1.165, 1.54) is 6.20 Å². The molecule has 0 aromatic carbocycles. The fourth-order valence-electron chi connectivity index (χ4n) is 1.44. The van der Waals surface area contributed by atoms with E-state index in [2.05, 4.69) is 10.3 Å². The Morgan fingerprint density at radius 2 is 2.00 bits per heavy atom. The van der Waals surface area contributed by atoms with E-state index in [9.17, 15) is 9.59 Å². The van der Waals surface area contributed by atoms with Crippen molar-refractivity contribution in [2.75, 3.05) is 5.32 Å². The highest BCUT2D eigenvalue weighted by Crippen LogP contribution is 2.19. The Hall–Kier alpha value is -1.91. The molecule has 0 aliphatic heterocycles. The highest BCUT2D eigenvalue weighted by Gasteiger charge is 2.15. The molecule has 1 aromatic rings. The number of aromatic nitrogens is 1. The van der Waals surface area contributed by atoms with Crippen molar-refractivity contribution in [2.45, 2.75) is 33.6 Å². The lowest BCUT2D eigenvalue weighted by Gasteiger charge is -2.17. The Morgan fingerprint density at radius 1 is 1.33 bits per heavy atom. The smallest absolute Gasteiger partial charge is 0.309 e. The molecule has 0 spiro atoms. The molecule has 2 N–H and O–H groups in total. The van der Waals surface area contributed by atoms with Gasteiger partial charge in [-0.05, 0) is 17.5 Å². The number of carbonyl (C=O) groups excluding carboxylic acids is 1. The fraction of sp³-hybridized carbons (Fsp3) is 0.462. The summed E-state index contributed by atoms with van der Waals surface area (Å²) in [5.41, 5.74) is 0.982. The molecule has 1 aromatic heterocycles. The molecule has 0 saturated heterocycles. The minimum absolute atomic E-state index is 0.0687. The van der Waals surface area contributed by atoms with Crippen LogP contribution in [0.4, 0.5) is 5.69 Å². The standard InChI is InChI=1S/C13H18N2O3/c1-13(2,3)7-11(16)15-10-5-4-9(14-8-10)6-12(17)18/h4-5,8H,6-7H2,1-3H3,(H,15,16)(H,17,18). The normalized spacial score (nSPS) is 11.1. The third-order valence-corrected chi connectivity index (χ3v) is 2.13. The molecule has 0 atom stereocenters. The molecular formula is C13H18N2O3. The second-order valence-corrected chi connectivity index (χ2v) is 5.39. The molecule has 1 rings (SSSR count). The van der Waals surface area contributed by atoms with Crippen molar-refractivity contribution in [2.24, 2.45) is 5.41 Å². The van der Waals surface area contributed by atoms with E-state index in [4.69, 9.17) is 5.11 Å². The molecule has 5 heteroatoms. The van der Waals surface area contributed by atoms with E-state index >= 15 is 0 Å². The molecule has 0 fully saturated rings. The molecule has 18 heavy (non-hydrogen) atoms. The lowest BCUT2D eigenvalue weighted by atomic mass is 9.92. The Balaban J connectivity index is 2.58. The summed E-state index contributed by atoms with van der Waals surface area (Å²) in [6.07, 6.45) is 1.78. The molecule has 5 nitrogen and oxygen atoms in total. The average molecular weight is 250 g/mol. The summed E-state index contributed by atoms with van der Waals surface area (Å²) in [7, 11) is 0. The van der Waals surface area contributed by atoms with Gasteiger partial charge in [-0.3, -0.25) is 14.6 Å². The van der Waals surface area contributed by atoms with Crippen LogP contribution in [0.1, 0.15) is 32.9 Å². The highest BCUT2D eigenvalue weighted by atomic mass is 16.4. The van der Waals surface area contributed by atoms with Crippen molar-refractivity contribution in [3.8, 4) is 0 Å². The number of rotatable bonds is 4. The number of amides is 1. The number of hydrogen-bond acceptors (Lipinski definition) is 3. The summed E-state index contributed by atoms with van der Waals surface area (Å²) in [6, 6.07) is 3.26. The third-order valence-electron chi connectivity index (χ3n) is 2.13. The van der Waals surface area contributed by atoms with Gasteiger partial charge in [-0.15, -0.1) is 0 Å². The zero-order valence-corrected chi connectivity index (χ0v) is 10.9. The third kappa shape index (κ3) is 5.43. The van der Waals surface area contributed by atoms with Crippen LogP contribution in [0.2, 0.25) is 0 Å². The number of pyridine rings is 1. The monoisotopic (exact) mass is 250 g/mol. The van der Waals surface area contributed by atoms with Gasteiger partial charge >= 0.3 is 5.97 Å². The summed E-state index contributed by atoms with van der Waals surface area (Å²) < 4.78 is 0. The molecule has 1 amide bonds. The summed E-state index contributed by atoms with van der Waals surface area (Å²) >= 11 is 0. The van der Waals surface area contributed by atoms with Gasteiger partial charge < -0.3 is 10.4 Å². The Morgan fingerprint density at radius 3 is 2.44 bits per heavy atom. The Kier molecular flexibility index (Phi) is 4.42. The van der Waals surface area contributed by atoms with Crippen molar-refractivity contribution >= 4 is 17.6 Å². The van der Waals surface area contributed by atoms with Crippen molar-refractivity contribution in [3.05, 3.63) is 24.0 Å². The van der Waals surface area contributed by atoms with E-state index < -0.39 is 5.97 Å². The lowest BCUT2D eigenvalue weighted by Crippen LogP contribution is -2.19. The summed E-state index contributed by atoms with van der Waals surface area (Å²) in [6.45, 7) is 5.96. The van der Waals surface area contributed by atoms with Gasteiger partial charge in [0.1, 0.15) is 0 Å². The number of aliphatic carboxylic acids is 1. The van der Waals surface area contributed by atoms with Crippen molar-refractivity contribution in [1.29, 1.82) is 0 Å². The fourth-order valence-corrected chi connectivity index (χ4v) is 1.44. The van der Waals surface area contributed by atoms with Crippen LogP contribution in [0, 0.1) is 5.41 Å². The SMILES string of the molecule is CC(C)(C)CC(=O)Nc1ccc(CC(=O)O)nc1. The molecule has 0 unspecified atom stereocenters. The Labute approximate surface area is 106 Å². The molecular weight excluding hydrogens is 232 g/mol. The van der Waals surface area contributed by atoms with Gasteiger partial charge in [-0.2, -0.15) is 0 Å². The lowest BCUT2D eigenvalue weighted by molar-refractivity contribution is -0.136. The minimum atomic E-state index is -0.924. The average Bonchev–Trinajstić information content (AvgIpc) is 2.17. The molecule has 0 radical (unpaired) electrons. The summed E-state index contributed by atoms with van der Waals surface area (Å²) in [5, 5.41) is 11.3. The van der Waals surface area contributed by atoms with Gasteiger partial charge in [0.05, 0.1) is 24.0 Å². The van der Waals surface area contributed by atoms with E-state index in [1.807, 2.05) is 20.8 Å². The second-order valence-electron chi connectivity index (χ2n) is 5.39.